The summed E-state index contributed by atoms with van der Waals surface area (Å²) in [7, 11) is 1.96. The van der Waals surface area contributed by atoms with Gasteiger partial charge in [0.1, 0.15) is 12.0 Å². The number of likely N-dealkylation sites (N-methyl/N-ethyl adjacent to an activating group) is 1. The summed E-state index contributed by atoms with van der Waals surface area (Å²) < 4.78 is 0. The number of hydrogen-bond donors (Lipinski definition) is 2. The van der Waals surface area contributed by atoms with Gasteiger partial charge in [0, 0.05) is 23.1 Å². The Morgan fingerprint density at radius 3 is 2.62 bits per heavy atom. The van der Waals surface area contributed by atoms with Gasteiger partial charge >= 0.3 is 0 Å². The number of rotatable bonds is 5. The van der Waals surface area contributed by atoms with E-state index in [-0.39, 0.29) is 12.1 Å². The molecule has 0 radical (unpaired) electrons. The fourth-order valence-electron chi connectivity index (χ4n) is 4.10. The summed E-state index contributed by atoms with van der Waals surface area (Å²) in [6.45, 7) is 0. The van der Waals surface area contributed by atoms with Crippen molar-refractivity contribution in [1.29, 1.82) is 5.41 Å². The Kier molecular flexibility index (Phi) is 5.87. The summed E-state index contributed by atoms with van der Waals surface area (Å²) in [6.07, 6.45) is 26.7. The van der Waals surface area contributed by atoms with Crippen molar-refractivity contribution < 1.29 is 0 Å². The topological polar surface area (TPSA) is 39.1 Å². The van der Waals surface area contributed by atoms with Crippen LogP contribution in [0.4, 0.5) is 0 Å². The number of allylic oxidation sites excluding steroid dienone is 11. The molecule has 29 heavy (non-hydrogen) atoms. The van der Waals surface area contributed by atoms with Gasteiger partial charge in [0.2, 0.25) is 0 Å². The molecular weight excluding hydrogens is 354 g/mol. The van der Waals surface area contributed by atoms with E-state index in [1.807, 2.05) is 37.4 Å². The second kappa shape index (κ2) is 8.89. The lowest BCUT2D eigenvalue weighted by atomic mass is 9.81. The maximum absolute atomic E-state index is 9.15. The fraction of sp³-hybridized carbons (Fsp3) is 0.192. The molecule has 3 heteroatoms. The van der Waals surface area contributed by atoms with E-state index in [4.69, 9.17) is 5.41 Å². The molecule has 0 aliphatic heterocycles. The quantitative estimate of drug-likeness (QED) is 0.422. The predicted octanol–water partition coefficient (Wildman–Crippen LogP) is 5.11. The third-order valence-electron chi connectivity index (χ3n) is 5.54. The highest BCUT2D eigenvalue weighted by atomic mass is 15.3. The standard InChI is InChI=1S/C26H27N3/c1-28-26(22-15-5-2-3-6-16-22)29(25(27)21-13-7-4-8-14-21)24-19-11-17-20-12-9-10-18-23(20)24/h2,4-20,23,26-28H,3H2,1H3. The van der Waals surface area contributed by atoms with E-state index in [2.05, 4.69) is 83.1 Å². The maximum atomic E-state index is 9.15. The Labute approximate surface area is 173 Å². The molecule has 2 N–H and O–H groups in total. The normalized spacial score (nSPS) is 23.1. The minimum Gasteiger partial charge on any atom is -0.309 e. The number of nitrogens with zero attached hydrogens (tertiary/aromatic N) is 1. The molecule has 1 aromatic carbocycles. The molecule has 3 unspecified atom stereocenters. The van der Waals surface area contributed by atoms with Gasteiger partial charge in [0.05, 0.1) is 0 Å². The molecule has 1 aromatic rings. The van der Waals surface area contributed by atoms with Gasteiger partial charge in [-0.1, -0.05) is 97.2 Å². The van der Waals surface area contributed by atoms with Crippen LogP contribution in [0.3, 0.4) is 0 Å². The number of hydrogen-bond acceptors (Lipinski definition) is 2. The molecule has 3 aliphatic rings. The zero-order valence-corrected chi connectivity index (χ0v) is 16.7. The number of amidine groups is 1. The molecule has 3 aliphatic carbocycles. The van der Waals surface area contributed by atoms with Gasteiger partial charge in [-0.2, -0.15) is 0 Å². The van der Waals surface area contributed by atoms with Crippen LogP contribution in [0.2, 0.25) is 0 Å². The summed E-state index contributed by atoms with van der Waals surface area (Å²) in [5, 5.41) is 12.6. The molecule has 0 bridgehead atoms. The Morgan fingerprint density at radius 1 is 1.00 bits per heavy atom. The molecule has 0 amide bonds. The summed E-state index contributed by atoms with van der Waals surface area (Å²) in [4.78, 5) is 2.15. The Morgan fingerprint density at radius 2 is 1.79 bits per heavy atom. The van der Waals surface area contributed by atoms with E-state index >= 15 is 0 Å². The average Bonchev–Trinajstić information content (AvgIpc) is 3.07. The van der Waals surface area contributed by atoms with Gasteiger partial charge in [-0.15, -0.1) is 0 Å². The zero-order valence-electron chi connectivity index (χ0n) is 16.7. The molecule has 0 saturated heterocycles. The Bertz CT molecular complexity index is 957. The second-order valence-corrected chi connectivity index (χ2v) is 7.36. The largest absolute Gasteiger partial charge is 0.309 e. The summed E-state index contributed by atoms with van der Waals surface area (Å²) in [5.41, 5.74) is 3.18. The van der Waals surface area contributed by atoms with Gasteiger partial charge in [0.15, 0.2) is 0 Å². The molecule has 3 atom stereocenters. The van der Waals surface area contributed by atoms with Crippen LogP contribution in [0, 0.1) is 17.2 Å². The molecule has 146 valence electrons. The van der Waals surface area contributed by atoms with E-state index in [9.17, 15) is 0 Å². The van der Waals surface area contributed by atoms with Crippen molar-refractivity contribution in [1.82, 2.24) is 10.2 Å². The van der Waals surface area contributed by atoms with E-state index < -0.39 is 0 Å². The van der Waals surface area contributed by atoms with Crippen molar-refractivity contribution in [2.75, 3.05) is 7.05 Å². The lowest BCUT2D eigenvalue weighted by molar-refractivity contribution is 0.337. The van der Waals surface area contributed by atoms with Crippen LogP contribution >= 0.6 is 0 Å². The molecular formula is C26H27N3. The average molecular weight is 382 g/mol. The predicted molar refractivity (Wildman–Crippen MR) is 121 cm³/mol. The third-order valence-corrected chi connectivity index (χ3v) is 5.54. The van der Waals surface area contributed by atoms with Crippen LogP contribution < -0.4 is 5.32 Å². The van der Waals surface area contributed by atoms with E-state index in [0.29, 0.717) is 11.8 Å². The van der Waals surface area contributed by atoms with Crippen molar-refractivity contribution in [3.05, 3.63) is 120 Å². The minimum atomic E-state index is -0.139. The number of benzene rings is 1. The molecule has 0 spiro atoms. The number of nitrogens with one attached hydrogen (secondary N) is 2. The van der Waals surface area contributed by atoms with Crippen molar-refractivity contribution in [2.45, 2.75) is 12.6 Å². The summed E-state index contributed by atoms with van der Waals surface area (Å²) >= 11 is 0. The van der Waals surface area contributed by atoms with Crippen LogP contribution in [0.25, 0.3) is 0 Å². The highest BCUT2D eigenvalue weighted by molar-refractivity contribution is 5.98. The third kappa shape index (κ3) is 4.01. The van der Waals surface area contributed by atoms with Crippen molar-refractivity contribution in [2.24, 2.45) is 11.8 Å². The Hall–Kier alpha value is -3.17. The van der Waals surface area contributed by atoms with Gasteiger partial charge in [-0.25, -0.2) is 0 Å². The molecule has 0 heterocycles. The van der Waals surface area contributed by atoms with E-state index in [1.54, 1.807) is 0 Å². The highest BCUT2D eigenvalue weighted by Crippen LogP contribution is 2.35. The van der Waals surface area contributed by atoms with Crippen LogP contribution in [-0.4, -0.2) is 23.9 Å². The first-order chi connectivity index (χ1) is 14.3. The minimum absolute atomic E-state index is 0.139. The zero-order chi connectivity index (χ0) is 20.1. The summed E-state index contributed by atoms with van der Waals surface area (Å²) in [6, 6.07) is 9.99. The SMILES string of the molecule is CNC(C1=CC=CCC=C1)N(C(=N)c1ccccc1)C1=CC=CC2C=CC=CC12. The molecule has 0 aromatic heterocycles. The van der Waals surface area contributed by atoms with Gasteiger partial charge in [0.25, 0.3) is 0 Å². The van der Waals surface area contributed by atoms with Gasteiger partial charge < -0.3 is 4.90 Å². The van der Waals surface area contributed by atoms with Crippen LogP contribution in [0.5, 0.6) is 0 Å². The molecule has 0 saturated carbocycles. The summed E-state index contributed by atoms with van der Waals surface area (Å²) in [5.74, 6) is 1.04. The first kappa shape index (κ1) is 19.2. The second-order valence-electron chi connectivity index (χ2n) is 7.36. The van der Waals surface area contributed by atoms with Crippen molar-refractivity contribution >= 4 is 5.84 Å². The highest BCUT2D eigenvalue weighted by Gasteiger charge is 2.33. The Balaban J connectivity index is 1.80. The van der Waals surface area contributed by atoms with Crippen molar-refractivity contribution in [3.8, 4) is 0 Å². The molecule has 3 nitrogen and oxygen atoms in total. The van der Waals surface area contributed by atoms with Crippen LogP contribution in [0.15, 0.2) is 115 Å². The van der Waals surface area contributed by atoms with Crippen molar-refractivity contribution in [3.63, 3.8) is 0 Å². The smallest absolute Gasteiger partial charge is 0.133 e. The van der Waals surface area contributed by atoms with Gasteiger partial charge in [-0.05, 0) is 25.1 Å². The van der Waals surface area contributed by atoms with E-state index in [1.165, 1.54) is 0 Å². The molecule has 0 fully saturated rings. The number of fused-ring (bicyclic) bond motifs is 1. The monoisotopic (exact) mass is 381 g/mol. The lowest BCUT2D eigenvalue weighted by Gasteiger charge is -2.41. The molecule has 4 rings (SSSR count). The fourth-order valence-corrected chi connectivity index (χ4v) is 4.10. The lowest BCUT2D eigenvalue weighted by Crippen LogP contribution is -2.50. The van der Waals surface area contributed by atoms with Crippen LogP contribution in [0.1, 0.15) is 12.0 Å². The van der Waals surface area contributed by atoms with Gasteiger partial charge in [-0.3, -0.25) is 10.7 Å². The van der Waals surface area contributed by atoms with E-state index in [0.717, 1.165) is 23.3 Å². The van der Waals surface area contributed by atoms with Crippen LogP contribution in [-0.2, 0) is 0 Å². The maximum Gasteiger partial charge on any atom is 0.133 e. The first-order valence-corrected chi connectivity index (χ1v) is 10.2. The first-order valence-electron chi connectivity index (χ1n) is 10.2.